The molecule has 0 aliphatic carbocycles. The number of hydrogen-bond acceptors (Lipinski definition) is 3. The zero-order valence-electron chi connectivity index (χ0n) is 12.8. The van der Waals surface area contributed by atoms with Gasteiger partial charge in [-0.1, -0.05) is 51.0 Å². The number of carbonyl (C=O) groups is 1. The van der Waals surface area contributed by atoms with E-state index in [1.165, 1.54) is 0 Å². The predicted octanol–water partition coefficient (Wildman–Crippen LogP) is 4.17. The van der Waals surface area contributed by atoms with Gasteiger partial charge in [0.15, 0.2) is 5.69 Å². The standard InChI is InChI=1S/C17H22N2O2/c1-4-12(5-2)11(3)18-16-14-9-7-6-8-13(14)10-15(19-16)17(20)21/h6-12H,4-5H2,1-3H3,(H,18,19)(H,20,21). The second-order valence-electron chi connectivity index (χ2n) is 5.39. The highest BCUT2D eigenvalue weighted by Crippen LogP contribution is 2.25. The lowest BCUT2D eigenvalue weighted by Crippen LogP contribution is -2.26. The highest BCUT2D eigenvalue weighted by Gasteiger charge is 2.16. The summed E-state index contributed by atoms with van der Waals surface area (Å²) in [7, 11) is 0. The second-order valence-corrected chi connectivity index (χ2v) is 5.39. The molecule has 21 heavy (non-hydrogen) atoms. The molecule has 2 N–H and O–H groups in total. The molecule has 1 aromatic heterocycles. The fourth-order valence-electron chi connectivity index (χ4n) is 2.75. The van der Waals surface area contributed by atoms with E-state index in [4.69, 9.17) is 0 Å². The third-order valence-electron chi connectivity index (χ3n) is 4.08. The number of benzene rings is 1. The number of hydrogen-bond donors (Lipinski definition) is 2. The van der Waals surface area contributed by atoms with Crippen LogP contribution in [-0.4, -0.2) is 22.1 Å². The lowest BCUT2D eigenvalue weighted by Gasteiger charge is -2.24. The summed E-state index contributed by atoms with van der Waals surface area (Å²) >= 11 is 0. The van der Waals surface area contributed by atoms with Crippen molar-refractivity contribution >= 4 is 22.6 Å². The number of carboxylic acid groups (broad SMARTS) is 1. The molecule has 0 aliphatic rings. The topological polar surface area (TPSA) is 62.2 Å². The Morgan fingerprint density at radius 3 is 2.57 bits per heavy atom. The number of aromatic carboxylic acids is 1. The Hall–Kier alpha value is -2.10. The number of rotatable bonds is 6. The summed E-state index contributed by atoms with van der Waals surface area (Å²) in [5.74, 6) is 0.197. The molecule has 4 nitrogen and oxygen atoms in total. The van der Waals surface area contributed by atoms with Crippen LogP contribution in [0.2, 0.25) is 0 Å². The lowest BCUT2D eigenvalue weighted by molar-refractivity contribution is 0.0691. The Bertz CT molecular complexity index is 636. The Morgan fingerprint density at radius 2 is 1.95 bits per heavy atom. The van der Waals surface area contributed by atoms with E-state index in [2.05, 4.69) is 31.1 Å². The largest absolute Gasteiger partial charge is 0.477 e. The molecule has 0 saturated carbocycles. The first-order chi connectivity index (χ1) is 10.1. The van der Waals surface area contributed by atoms with Crippen molar-refractivity contribution in [3.8, 4) is 0 Å². The number of anilines is 1. The van der Waals surface area contributed by atoms with Crippen LogP contribution in [0.3, 0.4) is 0 Å². The Kier molecular flexibility index (Phi) is 4.78. The molecule has 0 saturated heterocycles. The second kappa shape index (κ2) is 6.57. The lowest BCUT2D eigenvalue weighted by atomic mass is 9.95. The van der Waals surface area contributed by atoms with Gasteiger partial charge in [0.2, 0.25) is 0 Å². The maximum atomic E-state index is 11.2. The molecule has 1 aromatic carbocycles. The maximum Gasteiger partial charge on any atom is 0.354 e. The van der Waals surface area contributed by atoms with Gasteiger partial charge >= 0.3 is 5.97 Å². The highest BCUT2D eigenvalue weighted by molar-refractivity contribution is 5.97. The van der Waals surface area contributed by atoms with Crippen LogP contribution in [0.5, 0.6) is 0 Å². The molecule has 112 valence electrons. The van der Waals surface area contributed by atoms with Gasteiger partial charge in [-0.25, -0.2) is 9.78 Å². The van der Waals surface area contributed by atoms with Crippen LogP contribution in [0.15, 0.2) is 30.3 Å². The van der Waals surface area contributed by atoms with Crippen LogP contribution >= 0.6 is 0 Å². The van der Waals surface area contributed by atoms with Crippen molar-refractivity contribution in [3.63, 3.8) is 0 Å². The first-order valence-electron chi connectivity index (χ1n) is 7.46. The highest BCUT2D eigenvalue weighted by atomic mass is 16.4. The van der Waals surface area contributed by atoms with E-state index in [0.717, 1.165) is 23.6 Å². The van der Waals surface area contributed by atoms with Crippen molar-refractivity contribution < 1.29 is 9.90 Å². The minimum absolute atomic E-state index is 0.0768. The van der Waals surface area contributed by atoms with E-state index < -0.39 is 5.97 Å². The third-order valence-corrected chi connectivity index (χ3v) is 4.08. The smallest absolute Gasteiger partial charge is 0.354 e. The molecule has 1 unspecified atom stereocenters. The van der Waals surface area contributed by atoms with Crippen LogP contribution in [0.25, 0.3) is 10.8 Å². The monoisotopic (exact) mass is 286 g/mol. The number of pyridine rings is 1. The molecule has 2 aromatic rings. The van der Waals surface area contributed by atoms with Gasteiger partial charge in [-0.05, 0) is 24.3 Å². The van der Waals surface area contributed by atoms with Crippen LogP contribution in [0.4, 0.5) is 5.82 Å². The molecular formula is C17H22N2O2. The average molecular weight is 286 g/mol. The molecule has 1 heterocycles. The molecular weight excluding hydrogens is 264 g/mol. The number of nitrogens with one attached hydrogen (secondary N) is 1. The Labute approximate surface area is 125 Å². The normalized spacial score (nSPS) is 12.6. The van der Waals surface area contributed by atoms with Gasteiger partial charge in [0.25, 0.3) is 0 Å². The number of carboxylic acids is 1. The Morgan fingerprint density at radius 1 is 1.29 bits per heavy atom. The summed E-state index contributed by atoms with van der Waals surface area (Å²) < 4.78 is 0. The van der Waals surface area contributed by atoms with Crippen LogP contribution in [-0.2, 0) is 0 Å². The number of fused-ring (bicyclic) bond motifs is 1. The summed E-state index contributed by atoms with van der Waals surface area (Å²) in [6.45, 7) is 6.47. The van der Waals surface area contributed by atoms with Crippen molar-refractivity contribution in [1.29, 1.82) is 0 Å². The van der Waals surface area contributed by atoms with E-state index in [1.54, 1.807) is 6.07 Å². The first kappa shape index (κ1) is 15.3. The van der Waals surface area contributed by atoms with Gasteiger partial charge in [0.05, 0.1) is 0 Å². The van der Waals surface area contributed by atoms with Crippen molar-refractivity contribution in [1.82, 2.24) is 4.98 Å². The number of nitrogens with zero attached hydrogens (tertiary/aromatic N) is 1. The third kappa shape index (κ3) is 3.32. The molecule has 1 atom stereocenters. The van der Waals surface area contributed by atoms with Crippen molar-refractivity contribution in [2.75, 3.05) is 5.32 Å². The Balaban J connectivity index is 2.44. The van der Waals surface area contributed by atoms with E-state index >= 15 is 0 Å². The van der Waals surface area contributed by atoms with E-state index in [0.29, 0.717) is 11.7 Å². The zero-order chi connectivity index (χ0) is 15.4. The van der Waals surface area contributed by atoms with Crippen LogP contribution < -0.4 is 5.32 Å². The van der Waals surface area contributed by atoms with Crippen molar-refractivity contribution in [3.05, 3.63) is 36.0 Å². The van der Waals surface area contributed by atoms with Crippen molar-refractivity contribution in [2.45, 2.75) is 39.7 Å². The molecule has 0 radical (unpaired) electrons. The molecule has 0 aliphatic heterocycles. The van der Waals surface area contributed by atoms with Crippen molar-refractivity contribution in [2.24, 2.45) is 5.92 Å². The van der Waals surface area contributed by atoms with E-state index in [9.17, 15) is 9.90 Å². The van der Waals surface area contributed by atoms with Crippen LogP contribution in [0, 0.1) is 5.92 Å². The van der Waals surface area contributed by atoms with Gasteiger partial charge in [-0.2, -0.15) is 0 Å². The fraction of sp³-hybridized carbons (Fsp3) is 0.412. The summed E-state index contributed by atoms with van der Waals surface area (Å²) in [6.07, 6.45) is 2.17. The minimum atomic E-state index is -1.00. The van der Waals surface area contributed by atoms with Gasteiger partial charge in [-0.15, -0.1) is 0 Å². The average Bonchev–Trinajstić information content (AvgIpc) is 2.48. The van der Waals surface area contributed by atoms with E-state index in [1.807, 2.05) is 24.3 Å². The van der Waals surface area contributed by atoms with Crippen LogP contribution in [0.1, 0.15) is 44.1 Å². The van der Waals surface area contributed by atoms with Gasteiger partial charge in [0, 0.05) is 11.4 Å². The number of aromatic nitrogens is 1. The molecule has 0 spiro atoms. The molecule has 0 bridgehead atoms. The summed E-state index contributed by atoms with van der Waals surface area (Å²) in [5.41, 5.74) is 0.0768. The zero-order valence-corrected chi connectivity index (χ0v) is 12.8. The molecule has 0 fully saturated rings. The summed E-state index contributed by atoms with van der Waals surface area (Å²) in [4.78, 5) is 15.5. The van der Waals surface area contributed by atoms with E-state index in [-0.39, 0.29) is 11.7 Å². The fourth-order valence-corrected chi connectivity index (χ4v) is 2.75. The molecule has 4 heteroatoms. The summed E-state index contributed by atoms with van der Waals surface area (Å²) in [6, 6.07) is 9.59. The minimum Gasteiger partial charge on any atom is -0.477 e. The predicted molar refractivity (Wildman–Crippen MR) is 85.9 cm³/mol. The van der Waals surface area contributed by atoms with Gasteiger partial charge in [0.1, 0.15) is 5.82 Å². The molecule has 2 rings (SSSR count). The summed E-state index contributed by atoms with van der Waals surface area (Å²) in [5, 5.41) is 14.5. The first-order valence-corrected chi connectivity index (χ1v) is 7.46. The van der Waals surface area contributed by atoms with Gasteiger partial charge in [-0.3, -0.25) is 0 Å². The van der Waals surface area contributed by atoms with Gasteiger partial charge < -0.3 is 10.4 Å². The SMILES string of the molecule is CCC(CC)C(C)Nc1nc(C(=O)O)cc2ccccc12. The molecule has 0 amide bonds. The maximum absolute atomic E-state index is 11.2. The quantitative estimate of drug-likeness (QED) is 0.836.